The fraction of sp³-hybridized carbons (Fsp3) is 0.143. The Balaban J connectivity index is 2.04. The zero-order valence-corrected chi connectivity index (χ0v) is 12.6. The molecule has 1 N–H and O–H groups in total. The smallest absolute Gasteiger partial charge is 0.330 e. The van der Waals surface area contributed by atoms with Crippen LogP contribution in [-0.2, 0) is 14.1 Å². The first kappa shape index (κ1) is 13.0. The molecule has 0 saturated carbocycles. The van der Waals surface area contributed by atoms with Crippen molar-refractivity contribution in [3.8, 4) is 10.8 Å². The summed E-state index contributed by atoms with van der Waals surface area (Å²) in [5, 5.41) is 0.687. The average Bonchev–Trinajstić information content (AvgIpc) is 3.14. The molecule has 3 aromatic heterocycles. The molecule has 0 spiro atoms. The molecule has 0 saturated heterocycles. The van der Waals surface area contributed by atoms with Gasteiger partial charge in [0.1, 0.15) is 5.52 Å². The van der Waals surface area contributed by atoms with E-state index >= 15 is 0 Å². The highest BCUT2D eigenvalue weighted by Gasteiger charge is 2.16. The number of imidazole rings is 1. The summed E-state index contributed by atoms with van der Waals surface area (Å²) in [7, 11) is 3.04. The van der Waals surface area contributed by atoms with Gasteiger partial charge in [-0.05, 0) is 12.1 Å². The van der Waals surface area contributed by atoms with Crippen molar-refractivity contribution in [3.05, 3.63) is 45.1 Å². The second-order valence-corrected chi connectivity index (χ2v) is 6.01. The Hall–Kier alpha value is -2.74. The second-order valence-electron chi connectivity index (χ2n) is 4.98. The summed E-state index contributed by atoms with van der Waals surface area (Å²) in [6.07, 6.45) is 0. The molecule has 8 heteroatoms. The van der Waals surface area contributed by atoms with Crippen molar-refractivity contribution in [2.75, 3.05) is 0 Å². The normalized spacial score (nSPS) is 11.5. The van der Waals surface area contributed by atoms with Crippen LogP contribution in [0.25, 0.3) is 32.2 Å². The van der Waals surface area contributed by atoms with Gasteiger partial charge in [-0.25, -0.2) is 14.8 Å². The molecule has 7 nitrogen and oxygen atoms in total. The molecule has 0 amide bonds. The molecule has 0 unspecified atom stereocenters. The van der Waals surface area contributed by atoms with E-state index in [-0.39, 0.29) is 0 Å². The largest absolute Gasteiger partial charge is 0.332 e. The molecule has 0 aliphatic heterocycles. The molecular weight excluding hydrogens is 302 g/mol. The van der Waals surface area contributed by atoms with E-state index in [4.69, 9.17) is 0 Å². The highest BCUT2D eigenvalue weighted by molar-refractivity contribution is 7.21. The van der Waals surface area contributed by atoms with Gasteiger partial charge in [0.25, 0.3) is 5.56 Å². The molecular formula is C14H11N5O2S. The van der Waals surface area contributed by atoms with Gasteiger partial charge in [0, 0.05) is 14.1 Å². The van der Waals surface area contributed by atoms with E-state index in [9.17, 15) is 9.59 Å². The summed E-state index contributed by atoms with van der Waals surface area (Å²) in [5.74, 6) is 0.495. The van der Waals surface area contributed by atoms with Gasteiger partial charge in [-0.1, -0.05) is 12.1 Å². The number of hydrogen-bond acceptors (Lipinski definition) is 5. The van der Waals surface area contributed by atoms with Crippen molar-refractivity contribution in [3.63, 3.8) is 0 Å². The Morgan fingerprint density at radius 3 is 2.64 bits per heavy atom. The third-order valence-corrected chi connectivity index (χ3v) is 4.63. The number of nitrogens with one attached hydrogen (secondary N) is 1. The number of hydrogen-bond donors (Lipinski definition) is 1. The summed E-state index contributed by atoms with van der Waals surface area (Å²) in [4.78, 5) is 36.0. The maximum Gasteiger partial charge on any atom is 0.332 e. The number of fused-ring (bicyclic) bond motifs is 2. The summed E-state index contributed by atoms with van der Waals surface area (Å²) in [6.45, 7) is 0. The number of benzene rings is 1. The zero-order valence-electron chi connectivity index (χ0n) is 11.8. The van der Waals surface area contributed by atoms with Crippen molar-refractivity contribution in [2.45, 2.75) is 0 Å². The monoisotopic (exact) mass is 313 g/mol. The van der Waals surface area contributed by atoms with Crippen molar-refractivity contribution in [1.29, 1.82) is 0 Å². The minimum Gasteiger partial charge on any atom is -0.330 e. The second kappa shape index (κ2) is 4.38. The molecule has 0 atom stereocenters. The lowest BCUT2D eigenvalue weighted by Gasteiger charge is -2.00. The summed E-state index contributed by atoms with van der Waals surface area (Å²) >= 11 is 1.48. The maximum absolute atomic E-state index is 12.2. The fourth-order valence-electron chi connectivity index (χ4n) is 2.40. The number of thiazole rings is 1. The molecule has 4 rings (SSSR count). The average molecular weight is 313 g/mol. The number of H-pyrrole nitrogens is 1. The topological polar surface area (TPSA) is 85.6 Å². The molecule has 3 heterocycles. The van der Waals surface area contributed by atoms with Gasteiger partial charge in [0.15, 0.2) is 16.5 Å². The number of rotatable bonds is 1. The summed E-state index contributed by atoms with van der Waals surface area (Å²) in [6, 6.07) is 7.77. The van der Waals surface area contributed by atoms with E-state index in [2.05, 4.69) is 15.0 Å². The van der Waals surface area contributed by atoms with Crippen molar-refractivity contribution >= 4 is 32.7 Å². The zero-order chi connectivity index (χ0) is 15.4. The lowest BCUT2D eigenvalue weighted by Crippen LogP contribution is -2.36. The standard InChI is InChI=1S/C14H11N5O2S/c1-18-11-9(13(20)19(2)14(18)21)16-10(17-11)12-15-7-5-3-4-6-8(7)22-12/h3-6H,1-2H3,(H,16,17). The van der Waals surface area contributed by atoms with Gasteiger partial charge < -0.3 is 4.98 Å². The molecule has 0 bridgehead atoms. The molecule has 22 heavy (non-hydrogen) atoms. The summed E-state index contributed by atoms with van der Waals surface area (Å²) < 4.78 is 3.45. The molecule has 4 aromatic rings. The Labute approximate surface area is 127 Å². The Bertz CT molecular complexity index is 1110. The van der Waals surface area contributed by atoms with E-state index in [1.165, 1.54) is 23.0 Å². The lowest BCUT2D eigenvalue weighted by atomic mass is 10.3. The van der Waals surface area contributed by atoms with Gasteiger partial charge >= 0.3 is 5.69 Å². The van der Waals surface area contributed by atoms with E-state index in [0.717, 1.165) is 14.8 Å². The van der Waals surface area contributed by atoms with Crippen LogP contribution in [0, 0.1) is 0 Å². The van der Waals surface area contributed by atoms with Crippen LogP contribution in [0.3, 0.4) is 0 Å². The molecule has 0 fully saturated rings. The van der Waals surface area contributed by atoms with Gasteiger partial charge in [-0.2, -0.15) is 0 Å². The molecule has 1 aromatic carbocycles. The summed E-state index contributed by atoms with van der Waals surface area (Å²) in [5.41, 5.74) is 0.726. The number of aryl methyl sites for hydroxylation is 1. The lowest BCUT2D eigenvalue weighted by molar-refractivity contribution is 0.709. The first-order valence-electron chi connectivity index (χ1n) is 6.58. The van der Waals surface area contributed by atoms with Crippen LogP contribution < -0.4 is 11.2 Å². The predicted molar refractivity (Wildman–Crippen MR) is 85.2 cm³/mol. The van der Waals surface area contributed by atoms with Gasteiger partial charge in [-0.15, -0.1) is 11.3 Å². The molecule has 0 aliphatic carbocycles. The van der Waals surface area contributed by atoms with Crippen LogP contribution >= 0.6 is 11.3 Å². The number of aromatic nitrogens is 5. The first-order valence-corrected chi connectivity index (χ1v) is 7.39. The number of nitrogens with zero attached hydrogens (tertiary/aromatic N) is 4. The van der Waals surface area contributed by atoms with Crippen LogP contribution in [0.2, 0.25) is 0 Å². The van der Waals surface area contributed by atoms with E-state index in [1.54, 1.807) is 7.05 Å². The van der Waals surface area contributed by atoms with E-state index in [0.29, 0.717) is 22.0 Å². The molecule has 0 radical (unpaired) electrons. The Morgan fingerprint density at radius 2 is 1.86 bits per heavy atom. The molecule has 110 valence electrons. The molecule has 0 aliphatic rings. The minimum absolute atomic E-state index is 0.304. The van der Waals surface area contributed by atoms with Crippen LogP contribution in [-0.4, -0.2) is 24.1 Å². The van der Waals surface area contributed by atoms with Crippen LogP contribution in [0.1, 0.15) is 0 Å². The Kier molecular flexibility index (Phi) is 2.58. The van der Waals surface area contributed by atoms with Crippen LogP contribution in [0.5, 0.6) is 0 Å². The van der Waals surface area contributed by atoms with Crippen LogP contribution in [0.4, 0.5) is 0 Å². The fourth-order valence-corrected chi connectivity index (χ4v) is 3.31. The maximum atomic E-state index is 12.2. The minimum atomic E-state index is -0.403. The first-order chi connectivity index (χ1) is 10.6. The third kappa shape index (κ3) is 1.67. The number of para-hydroxylation sites is 1. The van der Waals surface area contributed by atoms with Gasteiger partial charge in [0.2, 0.25) is 0 Å². The van der Waals surface area contributed by atoms with E-state index in [1.807, 2.05) is 24.3 Å². The van der Waals surface area contributed by atoms with Crippen molar-refractivity contribution in [2.24, 2.45) is 14.1 Å². The predicted octanol–water partition coefficient (Wildman–Crippen LogP) is 1.24. The van der Waals surface area contributed by atoms with Crippen LogP contribution in [0.15, 0.2) is 33.9 Å². The highest BCUT2D eigenvalue weighted by Crippen LogP contribution is 2.28. The van der Waals surface area contributed by atoms with Gasteiger partial charge in [-0.3, -0.25) is 13.9 Å². The Morgan fingerprint density at radius 1 is 1.09 bits per heavy atom. The highest BCUT2D eigenvalue weighted by atomic mass is 32.1. The van der Waals surface area contributed by atoms with E-state index < -0.39 is 11.2 Å². The third-order valence-electron chi connectivity index (χ3n) is 3.59. The van der Waals surface area contributed by atoms with Crippen molar-refractivity contribution < 1.29 is 0 Å². The quantitative estimate of drug-likeness (QED) is 0.573. The SMILES string of the molecule is Cn1c(=O)c2[nH]c(-c3nc4ccccc4s3)nc2n(C)c1=O. The van der Waals surface area contributed by atoms with Gasteiger partial charge in [0.05, 0.1) is 10.2 Å². The van der Waals surface area contributed by atoms with Crippen molar-refractivity contribution in [1.82, 2.24) is 24.1 Å². The number of aromatic amines is 1.